The standard InChI is InChI=1S/C33H31F3N6O4S/c1-22-8-9-26(39-30(43)23-6-4-7-24(18-23)33(34,35)36)19-29(22)31(44)40-27-20-37-32(38-21-27)41-25-10-12-28(13-11-25)47(45,46)17-5-16-42-14-2-3-15-42/h4,6-7,10-13,18-21H,2-3,5,14-17H2,1H3,(H,39,43)(H,40,44)(H,37,38,41). The normalized spacial score (nSPS) is 13.5. The number of rotatable bonds is 11. The second kappa shape index (κ2) is 14.2. The molecule has 5 rings (SSSR count). The lowest BCUT2D eigenvalue weighted by molar-refractivity contribution is -0.137. The number of alkyl halides is 3. The molecular formula is C33H31F3N6O4S. The van der Waals surface area contributed by atoms with Crippen LogP contribution in [0.2, 0.25) is 0 Å². The number of carbonyl (C=O) groups is 2. The van der Waals surface area contributed by atoms with E-state index in [1.54, 1.807) is 19.1 Å². The van der Waals surface area contributed by atoms with E-state index in [9.17, 15) is 31.2 Å². The number of carbonyl (C=O) groups excluding carboxylic acids is 2. The third-order valence-electron chi connectivity index (χ3n) is 7.49. The highest BCUT2D eigenvalue weighted by molar-refractivity contribution is 7.91. The van der Waals surface area contributed by atoms with Crippen molar-refractivity contribution in [2.24, 2.45) is 0 Å². The zero-order valence-electron chi connectivity index (χ0n) is 25.3. The Morgan fingerprint density at radius 3 is 2.30 bits per heavy atom. The topological polar surface area (TPSA) is 133 Å². The summed E-state index contributed by atoms with van der Waals surface area (Å²) in [6.07, 6.45) is 1.05. The third-order valence-corrected chi connectivity index (χ3v) is 9.30. The lowest BCUT2D eigenvalue weighted by Gasteiger charge is -2.14. The van der Waals surface area contributed by atoms with Crippen LogP contribution in [0.5, 0.6) is 0 Å². The van der Waals surface area contributed by atoms with Crippen molar-refractivity contribution in [3.63, 3.8) is 0 Å². The molecule has 2 heterocycles. The molecule has 2 amide bonds. The highest BCUT2D eigenvalue weighted by Crippen LogP contribution is 2.30. The molecule has 1 aliphatic heterocycles. The van der Waals surface area contributed by atoms with E-state index in [4.69, 9.17) is 0 Å². The summed E-state index contributed by atoms with van der Waals surface area (Å²) in [5, 5.41) is 8.08. The van der Waals surface area contributed by atoms with Crippen molar-refractivity contribution in [3.8, 4) is 0 Å². The van der Waals surface area contributed by atoms with Crippen molar-refractivity contribution in [3.05, 3.63) is 101 Å². The van der Waals surface area contributed by atoms with Crippen LogP contribution in [-0.4, -0.2) is 60.5 Å². The molecule has 0 unspecified atom stereocenters. The van der Waals surface area contributed by atoms with E-state index >= 15 is 0 Å². The fraction of sp³-hybridized carbons (Fsp3) is 0.273. The van der Waals surface area contributed by atoms with Crippen molar-refractivity contribution in [2.75, 3.05) is 41.3 Å². The zero-order valence-corrected chi connectivity index (χ0v) is 26.1. The first-order chi connectivity index (χ1) is 22.4. The number of hydrogen-bond donors (Lipinski definition) is 3. The lowest BCUT2D eigenvalue weighted by atomic mass is 10.1. The quantitative estimate of drug-likeness (QED) is 0.180. The van der Waals surface area contributed by atoms with Crippen LogP contribution in [0.25, 0.3) is 0 Å². The van der Waals surface area contributed by atoms with Crippen LogP contribution in [0.4, 0.5) is 36.2 Å². The maximum atomic E-state index is 13.0. The molecule has 0 bridgehead atoms. The number of halogens is 3. The Bertz CT molecular complexity index is 1840. The Morgan fingerprint density at radius 2 is 1.62 bits per heavy atom. The molecule has 0 radical (unpaired) electrons. The molecule has 1 saturated heterocycles. The largest absolute Gasteiger partial charge is 0.416 e. The van der Waals surface area contributed by atoms with E-state index in [2.05, 4.69) is 43.0 Å². The zero-order chi connectivity index (χ0) is 33.6. The predicted molar refractivity (Wildman–Crippen MR) is 170 cm³/mol. The number of hydrogen-bond acceptors (Lipinski definition) is 8. The first-order valence-corrected chi connectivity index (χ1v) is 16.4. The second-order valence-electron chi connectivity index (χ2n) is 11.0. The molecule has 10 nitrogen and oxygen atoms in total. The molecule has 14 heteroatoms. The minimum Gasteiger partial charge on any atom is -0.324 e. The highest BCUT2D eigenvalue weighted by Gasteiger charge is 2.31. The first-order valence-electron chi connectivity index (χ1n) is 14.8. The smallest absolute Gasteiger partial charge is 0.324 e. The first kappa shape index (κ1) is 33.4. The van der Waals surface area contributed by atoms with Gasteiger partial charge in [0.15, 0.2) is 9.84 Å². The Labute approximate surface area is 270 Å². The van der Waals surface area contributed by atoms with Crippen LogP contribution in [-0.2, 0) is 16.0 Å². The molecule has 0 saturated carbocycles. The lowest BCUT2D eigenvalue weighted by Crippen LogP contribution is -2.22. The Hall–Kier alpha value is -5.00. The second-order valence-corrected chi connectivity index (χ2v) is 13.1. The summed E-state index contributed by atoms with van der Waals surface area (Å²) in [5.41, 5.74) is 0.249. The minimum absolute atomic E-state index is 0.0415. The summed E-state index contributed by atoms with van der Waals surface area (Å²) in [5.74, 6) is -1.08. The van der Waals surface area contributed by atoms with Crippen LogP contribution >= 0.6 is 0 Å². The molecule has 47 heavy (non-hydrogen) atoms. The Kier molecular flexibility index (Phi) is 10.1. The van der Waals surface area contributed by atoms with Gasteiger partial charge in [-0.1, -0.05) is 12.1 Å². The van der Waals surface area contributed by atoms with Gasteiger partial charge < -0.3 is 20.9 Å². The van der Waals surface area contributed by atoms with Crippen molar-refractivity contribution in [1.29, 1.82) is 0 Å². The van der Waals surface area contributed by atoms with Gasteiger partial charge in [0.25, 0.3) is 11.8 Å². The van der Waals surface area contributed by atoms with Gasteiger partial charge in [-0.25, -0.2) is 18.4 Å². The number of nitrogens with one attached hydrogen (secondary N) is 3. The van der Waals surface area contributed by atoms with Crippen LogP contribution in [0.1, 0.15) is 51.1 Å². The van der Waals surface area contributed by atoms with E-state index in [-0.39, 0.29) is 39.1 Å². The van der Waals surface area contributed by atoms with Gasteiger partial charge in [-0.3, -0.25) is 9.59 Å². The molecule has 0 atom stereocenters. The number of benzene rings is 2. The van der Waals surface area contributed by atoms with Gasteiger partial charge >= 0.3 is 6.18 Å². The molecular weight excluding hydrogens is 633 g/mol. The molecule has 4 aromatic rings. The van der Waals surface area contributed by atoms with E-state index in [1.165, 1.54) is 36.7 Å². The minimum atomic E-state index is -4.60. The van der Waals surface area contributed by atoms with Gasteiger partial charge in [0, 0.05) is 16.8 Å². The number of likely N-dealkylation sites (tertiary alicyclic amines) is 1. The highest BCUT2D eigenvalue weighted by atomic mass is 32.2. The summed E-state index contributed by atoms with van der Waals surface area (Å²) in [7, 11) is -3.40. The fourth-order valence-corrected chi connectivity index (χ4v) is 6.28. The van der Waals surface area contributed by atoms with Crippen molar-refractivity contribution in [2.45, 2.75) is 37.3 Å². The average molecular weight is 665 g/mol. The van der Waals surface area contributed by atoms with Crippen molar-refractivity contribution in [1.82, 2.24) is 14.9 Å². The van der Waals surface area contributed by atoms with E-state index in [1.807, 2.05) is 0 Å². The number of aromatic nitrogens is 2. The van der Waals surface area contributed by atoms with Gasteiger partial charge in [0.2, 0.25) is 5.95 Å². The Balaban J connectivity index is 1.16. The third kappa shape index (κ3) is 8.84. The molecule has 1 aromatic heterocycles. The van der Waals surface area contributed by atoms with Gasteiger partial charge in [-0.05, 0) is 100 Å². The number of sulfone groups is 1. The average Bonchev–Trinajstić information content (AvgIpc) is 3.56. The Morgan fingerprint density at radius 1 is 0.915 bits per heavy atom. The molecule has 244 valence electrons. The SMILES string of the molecule is Cc1c#cc(NC(=O)c2cccc(C(F)(F)F)c2)cc1C(=O)Nc1cnc(Nc2ccc(S(=O)(=O)CCCN3CCCC3)cc2)nc1. The van der Waals surface area contributed by atoms with Gasteiger partial charge in [-0.15, -0.1) is 0 Å². The molecule has 3 N–H and O–H groups in total. The summed E-state index contributed by atoms with van der Waals surface area (Å²) < 4.78 is 64.6. The molecule has 0 spiro atoms. The van der Waals surface area contributed by atoms with Crippen molar-refractivity contribution < 1.29 is 31.2 Å². The van der Waals surface area contributed by atoms with Crippen LogP contribution < -0.4 is 16.0 Å². The van der Waals surface area contributed by atoms with Gasteiger partial charge in [0.1, 0.15) is 0 Å². The molecule has 1 aliphatic rings. The maximum Gasteiger partial charge on any atom is 0.416 e. The molecule has 1 fully saturated rings. The van der Waals surface area contributed by atoms with Crippen LogP contribution in [0, 0.1) is 19.1 Å². The monoisotopic (exact) mass is 664 g/mol. The van der Waals surface area contributed by atoms with Crippen LogP contribution in [0.3, 0.4) is 0 Å². The summed E-state index contributed by atoms with van der Waals surface area (Å²) >= 11 is 0. The summed E-state index contributed by atoms with van der Waals surface area (Å²) in [6, 6.07) is 17.0. The van der Waals surface area contributed by atoms with Gasteiger partial charge in [-0.2, -0.15) is 13.2 Å². The van der Waals surface area contributed by atoms with Gasteiger partial charge in [0.05, 0.1) is 45.5 Å². The molecule has 3 aromatic carbocycles. The summed E-state index contributed by atoms with van der Waals surface area (Å²) in [4.78, 5) is 36.5. The van der Waals surface area contributed by atoms with E-state index in [0.717, 1.165) is 50.7 Å². The predicted octanol–water partition coefficient (Wildman–Crippen LogP) is 5.91. The number of nitrogens with zero attached hydrogens (tertiary/aromatic N) is 3. The van der Waals surface area contributed by atoms with Crippen molar-refractivity contribution >= 4 is 44.7 Å². The number of amides is 2. The van der Waals surface area contributed by atoms with Crippen LogP contribution in [0.15, 0.2) is 71.9 Å². The van der Waals surface area contributed by atoms with E-state index in [0.29, 0.717) is 17.7 Å². The number of anilines is 4. The molecule has 0 aliphatic carbocycles. The fourth-order valence-electron chi connectivity index (χ4n) is 4.98. The maximum absolute atomic E-state index is 13.0. The van der Waals surface area contributed by atoms with E-state index < -0.39 is 33.4 Å². The summed E-state index contributed by atoms with van der Waals surface area (Å²) in [6.45, 7) is 4.44.